The second-order valence-corrected chi connectivity index (χ2v) is 4.85. The second-order valence-electron chi connectivity index (χ2n) is 4.85. The van der Waals surface area contributed by atoms with Gasteiger partial charge in [0, 0.05) is 24.7 Å². The van der Waals surface area contributed by atoms with Crippen LogP contribution >= 0.6 is 0 Å². The van der Waals surface area contributed by atoms with Crippen molar-refractivity contribution in [2.75, 3.05) is 13.1 Å². The number of hydrogen-bond acceptors (Lipinski definition) is 2. The maximum atomic E-state index is 3.55. The van der Waals surface area contributed by atoms with Crippen molar-refractivity contribution in [3.8, 4) is 0 Å². The van der Waals surface area contributed by atoms with E-state index in [0.717, 1.165) is 12.1 Å². The van der Waals surface area contributed by atoms with Crippen LogP contribution in [0.4, 0.5) is 0 Å². The highest BCUT2D eigenvalue weighted by molar-refractivity contribution is 4.84. The summed E-state index contributed by atoms with van der Waals surface area (Å²) < 4.78 is 0. The van der Waals surface area contributed by atoms with E-state index in [2.05, 4.69) is 37.9 Å². The molecule has 0 amide bonds. The molecule has 0 aromatic carbocycles. The van der Waals surface area contributed by atoms with E-state index in [4.69, 9.17) is 0 Å². The van der Waals surface area contributed by atoms with Gasteiger partial charge in [-0.25, -0.2) is 0 Å². The van der Waals surface area contributed by atoms with Gasteiger partial charge in [-0.15, -0.1) is 0 Å². The van der Waals surface area contributed by atoms with Crippen molar-refractivity contribution in [3.05, 3.63) is 0 Å². The Morgan fingerprint density at radius 3 is 2.64 bits per heavy atom. The lowest BCUT2D eigenvalue weighted by molar-refractivity contribution is 0.181. The van der Waals surface area contributed by atoms with Crippen LogP contribution in [0.25, 0.3) is 0 Å². The molecule has 0 aromatic heterocycles. The van der Waals surface area contributed by atoms with Crippen LogP contribution in [-0.2, 0) is 0 Å². The van der Waals surface area contributed by atoms with Crippen molar-refractivity contribution in [1.82, 2.24) is 10.2 Å². The summed E-state index contributed by atoms with van der Waals surface area (Å²) in [5.41, 5.74) is 0. The molecule has 0 aliphatic carbocycles. The highest BCUT2D eigenvalue weighted by atomic mass is 15.2. The van der Waals surface area contributed by atoms with E-state index in [9.17, 15) is 0 Å². The summed E-state index contributed by atoms with van der Waals surface area (Å²) in [6.07, 6.45) is 4.04. The predicted molar refractivity (Wildman–Crippen MR) is 62.6 cm³/mol. The van der Waals surface area contributed by atoms with Gasteiger partial charge < -0.3 is 5.32 Å². The molecule has 1 aliphatic heterocycles. The Labute approximate surface area is 89.1 Å². The molecule has 1 fully saturated rings. The highest BCUT2D eigenvalue weighted by Crippen LogP contribution is 2.20. The zero-order valence-corrected chi connectivity index (χ0v) is 10.2. The number of nitrogens with one attached hydrogen (secondary N) is 1. The Morgan fingerprint density at radius 1 is 1.36 bits per heavy atom. The van der Waals surface area contributed by atoms with E-state index in [1.807, 2.05) is 0 Å². The van der Waals surface area contributed by atoms with Gasteiger partial charge >= 0.3 is 0 Å². The van der Waals surface area contributed by atoms with Gasteiger partial charge in [0.1, 0.15) is 0 Å². The van der Waals surface area contributed by atoms with Crippen molar-refractivity contribution in [1.29, 1.82) is 0 Å². The SMILES string of the molecule is CCC(C)N1CCCC1CNC(C)C. The maximum Gasteiger partial charge on any atom is 0.0224 e. The van der Waals surface area contributed by atoms with Crippen molar-refractivity contribution in [2.24, 2.45) is 0 Å². The first-order valence-electron chi connectivity index (χ1n) is 6.14. The Morgan fingerprint density at radius 2 is 2.07 bits per heavy atom. The van der Waals surface area contributed by atoms with Gasteiger partial charge in [-0.1, -0.05) is 20.8 Å². The van der Waals surface area contributed by atoms with Gasteiger partial charge in [0.25, 0.3) is 0 Å². The molecule has 14 heavy (non-hydrogen) atoms. The molecule has 2 nitrogen and oxygen atoms in total. The van der Waals surface area contributed by atoms with E-state index in [-0.39, 0.29) is 0 Å². The molecule has 1 aliphatic rings. The zero-order chi connectivity index (χ0) is 10.6. The molecule has 1 saturated heterocycles. The summed E-state index contributed by atoms with van der Waals surface area (Å²) in [6.45, 7) is 11.6. The third kappa shape index (κ3) is 3.25. The van der Waals surface area contributed by atoms with Gasteiger partial charge in [0.15, 0.2) is 0 Å². The fraction of sp³-hybridized carbons (Fsp3) is 1.00. The Bertz CT molecular complexity index is 156. The highest BCUT2D eigenvalue weighted by Gasteiger charge is 2.27. The quantitative estimate of drug-likeness (QED) is 0.729. The second kappa shape index (κ2) is 5.72. The lowest BCUT2D eigenvalue weighted by Gasteiger charge is -2.30. The third-order valence-corrected chi connectivity index (χ3v) is 3.34. The molecule has 0 aromatic rings. The summed E-state index contributed by atoms with van der Waals surface area (Å²) >= 11 is 0. The van der Waals surface area contributed by atoms with Crippen LogP contribution in [0.2, 0.25) is 0 Å². The lowest BCUT2D eigenvalue weighted by Crippen LogP contribution is -2.44. The molecule has 1 rings (SSSR count). The lowest BCUT2D eigenvalue weighted by atomic mass is 10.1. The molecule has 0 saturated carbocycles. The van der Waals surface area contributed by atoms with Crippen LogP contribution in [0.1, 0.15) is 47.0 Å². The van der Waals surface area contributed by atoms with Crippen molar-refractivity contribution in [2.45, 2.75) is 65.1 Å². The standard InChI is InChI=1S/C12H26N2/c1-5-11(4)14-8-6-7-12(14)9-13-10(2)3/h10-13H,5-9H2,1-4H3. The molecular weight excluding hydrogens is 172 g/mol. The smallest absolute Gasteiger partial charge is 0.0224 e. The third-order valence-electron chi connectivity index (χ3n) is 3.34. The van der Waals surface area contributed by atoms with Crippen LogP contribution in [0.5, 0.6) is 0 Å². The van der Waals surface area contributed by atoms with E-state index < -0.39 is 0 Å². The van der Waals surface area contributed by atoms with Crippen LogP contribution in [0, 0.1) is 0 Å². The molecule has 1 heterocycles. The maximum absolute atomic E-state index is 3.55. The summed E-state index contributed by atoms with van der Waals surface area (Å²) in [5, 5.41) is 3.55. The Hall–Kier alpha value is -0.0800. The van der Waals surface area contributed by atoms with E-state index in [1.54, 1.807) is 0 Å². The fourth-order valence-electron chi connectivity index (χ4n) is 2.26. The van der Waals surface area contributed by atoms with E-state index in [0.29, 0.717) is 6.04 Å². The molecule has 0 spiro atoms. The molecule has 0 bridgehead atoms. The van der Waals surface area contributed by atoms with Crippen LogP contribution in [0.15, 0.2) is 0 Å². The molecule has 1 N–H and O–H groups in total. The zero-order valence-electron chi connectivity index (χ0n) is 10.2. The minimum absolute atomic E-state index is 0.620. The van der Waals surface area contributed by atoms with E-state index in [1.165, 1.54) is 32.4 Å². The molecule has 2 unspecified atom stereocenters. The van der Waals surface area contributed by atoms with Crippen LogP contribution in [-0.4, -0.2) is 36.1 Å². The number of likely N-dealkylation sites (tertiary alicyclic amines) is 1. The first-order valence-corrected chi connectivity index (χ1v) is 6.14. The minimum atomic E-state index is 0.620. The van der Waals surface area contributed by atoms with Crippen LogP contribution in [0.3, 0.4) is 0 Å². The molecule has 0 radical (unpaired) electrons. The normalized spacial score (nSPS) is 25.9. The fourth-order valence-corrected chi connectivity index (χ4v) is 2.26. The summed E-state index contributed by atoms with van der Waals surface area (Å²) in [5.74, 6) is 0. The van der Waals surface area contributed by atoms with E-state index >= 15 is 0 Å². The molecular formula is C12H26N2. The number of nitrogens with zero attached hydrogens (tertiary/aromatic N) is 1. The van der Waals surface area contributed by atoms with Crippen molar-refractivity contribution in [3.63, 3.8) is 0 Å². The number of hydrogen-bond donors (Lipinski definition) is 1. The predicted octanol–water partition coefficient (Wildman–Crippen LogP) is 2.25. The van der Waals surface area contributed by atoms with Gasteiger partial charge in [-0.2, -0.15) is 0 Å². The van der Waals surface area contributed by atoms with Gasteiger partial charge in [-0.05, 0) is 32.7 Å². The average molecular weight is 198 g/mol. The monoisotopic (exact) mass is 198 g/mol. The summed E-state index contributed by atoms with van der Waals surface area (Å²) in [6, 6.07) is 2.16. The van der Waals surface area contributed by atoms with Crippen LogP contribution < -0.4 is 5.32 Å². The minimum Gasteiger partial charge on any atom is -0.313 e. The van der Waals surface area contributed by atoms with Gasteiger partial charge in [0.05, 0.1) is 0 Å². The molecule has 84 valence electrons. The summed E-state index contributed by atoms with van der Waals surface area (Å²) in [7, 11) is 0. The Balaban J connectivity index is 2.35. The van der Waals surface area contributed by atoms with Crippen molar-refractivity contribution >= 4 is 0 Å². The first kappa shape index (κ1) is 12.0. The average Bonchev–Trinajstić information content (AvgIpc) is 2.61. The van der Waals surface area contributed by atoms with Gasteiger partial charge in [0.2, 0.25) is 0 Å². The van der Waals surface area contributed by atoms with Crippen molar-refractivity contribution < 1.29 is 0 Å². The Kier molecular flexibility index (Phi) is 4.90. The molecule has 2 atom stereocenters. The molecule has 2 heteroatoms. The largest absolute Gasteiger partial charge is 0.313 e. The summed E-state index contributed by atoms with van der Waals surface area (Å²) in [4.78, 5) is 2.68. The number of rotatable bonds is 5. The van der Waals surface area contributed by atoms with Gasteiger partial charge in [-0.3, -0.25) is 4.90 Å². The topological polar surface area (TPSA) is 15.3 Å². The first-order chi connectivity index (χ1) is 6.65.